The quantitative estimate of drug-likeness (QED) is 0.524. The first kappa shape index (κ1) is 14.4. The number of esters is 1. The van der Waals surface area contributed by atoms with Crippen molar-refractivity contribution in [2.45, 2.75) is 50.6 Å². The number of aryl methyl sites for hydroxylation is 2. The lowest BCUT2D eigenvalue weighted by Gasteiger charge is -2.30. The Morgan fingerprint density at radius 2 is 1.86 bits per heavy atom. The summed E-state index contributed by atoms with van der Waals surface area (Å²) >= 11 is 0. The maximum Gasteiger partial charge on any atom is 0.319 e. The zero-order valence-electron chi connectivity index (χ0n) is 12.7. The molecular formula is C17H24N2O2. The van der Waals surface area contributed by atoms with Crippen molar-refractivity contribution >= 4 is 11.7 Å². The van der Waals surface area contributed by atoms with Crippen LogP contribution in [0.3, 0.4) is 0 Å². The largest absolute Gasteiger partial charge is 0.468 e. The molecule has 0 radical (unpaired) electrons. The van der Waals surface area contributed by atoms with E-state index in [1.807, 2.05) is 6.07 Å². The minimum absolute atomic E-state index is 0.118. The molecule has 1 aromatic rings. The first-order valence-electron chi connectivity index (χ1n) is 7.87. The lowest BCUT2D eigenvalue weighted by atomic mass is 10.0. The van der Waals surface area contributed by atoms with Gasteiger partial charge in [-0.25, -0.2) is 0 Å². The summed E-state index contributed by atoms with van der Waals surface area (Å²) in [5.74, 6) is -0.118. The molecule has 4 heteroatoms. The Kier molecular flexibility index (Phi) is 4.15. The molecule has 1 fully saturated rings. The smallest absolute Gasteiger partial charge is 0.319 e. The summed E-state index contributed by atoms with van der Waals surface area (Å²) < 4.78 is 4.86. The lowest BCUT2D eigenvalue weighted by Crippen LogP contribution is -2.41. The minimum atomic E-state index is -0.118. The third kappa shape index (κ3) is 3.38. The van der Waals surface area contributed by atoms with E-state index in [9.17, 15) is 4.79 Å². The molecule has 3 rings (SSSR count). The van der Waals surface area contributed by atoms with E-state index in [1.165, 1.54) is 31.1 Å². The highest BCUT2D eigenvalue weighted by molar-refractivity contribution is 5.71. The van der Waals surface area contributed by atoms with Gasteiger partial charge in [0.05, 0.1) is 13.7 Å². The van der Waals surface area contributed by atoms with E-state index in [0.717, 1.165) is 31.4 Å². The average Bonchev–Trinajstić information content (AvgIpc) is 3.31. The molecule has 1 atom stereocenters. The Hall–Kier alpha value is -1.55. The van der Waals surface area contributed by atoms with Crippen molar-refractivity contribution in [2.24, 2.45) is 0 Å². The van der Waals surface area contributed by atoms with Gasteiger partial charge in [0.1, 0.15) is 0 Å². The van der Waals surface area contributed by atoms with E-state index in [2.05, 4.69) is 17.0 Å². The highest BCUT2D eigenvalue weighted by atomic mass is 16.5. The fraction of sp³-hybridized carbons (Fsp3) is 0.588. The van der Waals surface area contributed by atoms with Crippen molar-refractivity contribution in [1.29, 1.82) is 0 Å². The second-order valence-corrected chi connectivity index (χ2v) is 6.24. The maximum absolute atomic E-state index is 11.7. The van der Waals surface area contributed by atoms with E-state index in [0.29, 0.717) is 18.6 Å². The number of methoxy groups -OCH3 is 1. The topological polar surface area (TPSA) is 55.6 Å². The monoisotopic (exact) mass is 288 g/mol. The maximum atomic E-state index is 11.7. The molecule has 21 heavy (non-hydrogen) atoms. The summed E-state index contributed by atoms with van der Waals surface area (Å²) in [6, 6.07) is 7.33. The number of nitrogens with two attached hydrogens (primary N) is 1. The SMILES string of the molecule is COC(=O)CN(C1CCc2ccc(N)cc2CC1)C1CC1. The summed E-state index contributed by atoms with van der Waals surface area (Å²) in [7, 11) is 1.47. The molecule has 1 aromatic carbocycles. The molecule has 1 saturated carbocycles. The molecule has 0 spiro atoms. The molecule has 4 nitrogen and oxygen atoms in total. The number of ether oxygens (including phenoxy) is 1. The number of hydrogen-bond donors (Lipinski definition) is 1. The van der Waals surface area contributed by atoms with Crippen LogP contribution in [-0.2, 0) is 22.4 Å². The van der Waals surface area contributed by atoms with E-state index in [-0.39, 0.29) is 5.97 Å². The highest BCUT2D eigenvalue weighted by Crippen LogP contribution is 2.33. The first-order chi connectivity index (χ1) is 10.2. The van der Waals surface area contributed by atoms with Crippen molar-refractivity contribution in [3.05, 3.63) is 29.3 Å². The van der Waals surface area contributed by atoms with Gasteiger partial charge in [-0.15, -0.1) is 0 Å². The van der Waals surface area contributed by atoms with Gasteiger partial charge in [0, 0.05) is 17.8 Å². The van der Waals surface area contributed by atoms with Crippen molar-refractivity contribution in [3.63, 3.8) is 0 Å². The molecule has 0 aromatic heterocycles. The van der Waals surface area contributed by atoms with Crippen LogP contribution in [0.25, 0.3) is 0 Å². The number of nitrogen functional groups attached to an aromatic ring is 1. The first-order valence-corrected chi connectivity index (χ1v) is 7.87. The lowest BCUT2D eigenvalue weighted by molar-refractivity contribution is -0.142. The fourth-order valence-corrected chi connectivity index (χ4v) is 3.42. The van der Waals surface area contributed by atoms with Gasteiger partial charge >= 0.3 is 5.97 Å². The van der Waals surface area contributed by atoms with Crippen LogP contribution in [0.2, 0.25) is 0 Å². The third-order valence-corrected chi connectivity index (χ3v) is 4.75. The fourth-order valence-electron chi connectivity index (χ4n) is 3.42. The summed E-state index contributed by atoms with van der Waals surface area (Å²) in [5.41, 5.74) is 9.54. The Bertz CT molecular complexity index is 526. The minimum Gasteiger partial charge on any atom is -0.468 e. The van der Waals surface area contributed by atoms with E-state index in [1.54, 1.807) is 0 Å². The molecule has 0 bridgehead atoms. The Morgan fingerprint density at radius 1 is 1.19 bits per heavy atom. The number of nitrogens with zero attached hydrogens (tertiary/aromatic N) is 1. The molecule has 2 aliphatic rings. The molecule has 0 heterocycles. The molecule has 114 valence electrons. The van der Waals surface area contributed by atoms with Crippen molar-refractivity contribution < 1.29 is 9.53 Å². The normalized spacial score (nSPS) is 21.7. The number of fused-ring (bicyclic) bond motifs is 1. The van der Waals surface area contributed by atoms with Crippen LogP contribution in [-0.4, -0.2) is 36.6 Å². The van der Waals surface area contributed by atoms with Crippen LogP contribution in [0, 0.1) is 0 Å². The molecule has 0 amide bonds. The van der Waals surface area contributed by atoms with Gasteiger partial charge in [-0.3, -0.25) is 9.69 Å². The summed E-state index contributed by atoms with van der Waals surface area (Å²) in [6.45, 7) is 0.435. The zero-order chi connectivity index (χ0) is 14.8. The molecule has 2 aliphatic carbocycles. The highest BCUT2D eigenvalue weighted by Gasteiger charge is 2.35. The van der Waals surface area contributed by atoms with Gasteiger partial charge < -0.3 is 10.5 Å². The second kappa shape index (κ2) is 6.06. The van der Waals surface area contributed by atoms with Crippen molar-refractivity contribution in [1.82, 2.24) is 4.90 Å². The number of hydrogen-bond acceptors (Lipinski definition) is 4. The van der Waals surface area contributed by atoms with Gasteiger partial charge in [0.25, 0.3) is 0 Å². The van der Waals surface area contributed by atoms with Crippen LogP contribution < -0.4 is 5.73 Å². The molecule has 2 N–H and O–H groups in total. The Morgan fingerprint density at radius 3 is 2.52 bits per heavy atom. The molecular weight excluding hydrogens is 264 g/mol. The number of benzene rings is 1. The molecule has 1 unspecified atom stereocenters. The Balaban J connectivity index is 1.70. The van der Waals surface area contributed by atoms with Gasteiger partial charge in [-0.1, -0.05) is 6.07 Å². The van der Waals surface area contributed by atoms with Crippen LogP contribution in [0.5, 0.6) is 0 Å². The predicted octanol–water partition coefficient (Wildman–Crippen LogP) is 2.15. The number of anilines is 1. The standard InChI is InChI=1S/C17H24N2O2/c1-21-17(20)11-19(16-8-9-16)15-6-3-12-2-5-14(18)10-13(12)4-7-15/h2,5,10,15-16H,3-4,6-9,11,18H2,1H3. The number of rotatable bonds is 4. The van der Waals surface area contributed by atoms with E-state index >= 15 is 0 Å². The van der Waals surface area contributed by atoms with E-state index < -0.39 is 0 Å². The summed E-state index contributed by atoms with van der Waals surface area (Å²) in [6.07, 6.45) is 6.77. The zero-order valence-corrected chi connectivity index (χ0v) is 12.7. The van der Waals surface area contributed by atoms with Crippen LogP contribution in [0.4, 0.5) is 5.69 Å². The van der Waals surface area contributed by atoms with Gasteiger partial charge in [-0.05, 0) is 61.8 Å². The molecule has 0 saturated heterocycles. The van der Waals surface area contributed by atoms with Crippen LogP contribution in [0.1, 0.15) is 36.8 Å². The number of carbonyl (C=O) groups excluding carboxylic acids is 1. The summed E-state index contributed by atoms with van der Waals surface area (Å²) in [5, 5.41) is 0. The van der Waals surface area contributed by atoms with Crippen molar-refractivity contribution in [3.8, 4) is 0 Å². The molecule has 0 aliphatic heterocycles. The third-order valence-electron chi connectivity index (χ3n) is 4.75. The van der Waals surface area contributed by atoms with Crippen LogP contribution in [0.15, 0.2) is 18.2 Å². The van der Waals surface area contributed by atoms with E-state index in [4.69, 9.17) is 10.5 Å². The van der Waals surface area contributed by atoms with Gasteiger partial charge in [0.2, 0.25) is 0 Å². The number of carbonyl (C=O) groups is 1. The van der Waals surface area contributed by atoms with Gasteiger partial charge in [0.15, 0.2) is 0 Å². The second-order valence-electron chi connectivity index (χ2n) is 6.24. The van der Waals surface area contributed by atoms with Gasteiger partial charge in [-0.2, -0.15) is 0 Å². The Labute approximate surface area is 126 Å². The van der Waals surface area contributed by atoms with Crippen molar-refractivity contribution in [2.75, 3.05) is 19.4 Å². The van der Waals surface area contributed by atoms with Crippen LogP contribution >= 0.6 is 0 Å². The predicted molar refractivity (Wildman–Crippen MR) is 83.0 cm³/mol. The summed E-state index contributed by atoms with van der Waals surface area (Å²) in [4.78, 5) is 14.0. The average molecular weight is 288 g/mol.